The Labute approximate surface area is 320 Å². The molecule has 9 nitrogen and oxygen atoms in total. The van der Waals surface area contributed by atoms with E-state index >= 15 is 0 Å². The molecule has 1 fully saturated rings. The molecule has 0 aromatic heterocycles. The minimum Gasteiger partial charge on any atom is -0.460 e. The number of unbranched alkanes of at least 4 members (excludes halogenated alkanes) is 2. The maximum atomic E-state index is 12.2. The maximum absolute atomic E-state index is 12.2. The number of carbonyl (C=O) groups is 1. The van der Waals surface area contributed by atoms with Gasteiger partial charge >= 0.3 is 5.97 Å². The summed E-state index contributed by atoms with van der Waals surface area (Å²) in [5.41, 5.74) is 3.49. The average molecular weight is 741 g/mol. The van der Waals surface area contributed by atoms with Crippen LogP contribution in [-0.4, -0.2) is 60.3 Å². The molecule has 54 heavy (non-hydrogen) atoms. The third-order valence-electron chi connectivity index (χ3n) is 8.88. The largest absolute Gasteiger partial charge is 0.460 e. The highest BCUT2D eigenvalue weighted by molar-refractivity contribution is 5.69. The summed E-state index contributed by atoms with van der Waals surface area (Å²) in [6.45, 7) is 7.03. The van der Waals surface area contributed by atoms with Gasteiger partial charge in [-0.05, 0) is 62.3 Å². The monoisotopic (exact) mass is 740 g/mol. The topological polar surface area (TPSA) is 102 Å². The molecule has 1 aliphatic heterocycles. The second kappa shape index (κ2) is 21.8. The summed E-state index contributed by atoms with van der Waals surface area (Å²) >= 11 is 0. The summed E-state index contributed by atoms with van der Waals surface area (Å²) in [6.07, 6.45) is -2.14. The van der Waals surface area contributed by atoms with Crippen LogP contribution in [0.1, 0.15) is 75.1 Å². The van der Waals surface area contributed by atoms with Gasteiger partial charge in [0, 0.05) is 6.42 Å². The van der Waals surface area contributed by atoms with E-state index < -0.39 is 42.6 Å². The van der Waals surface area contributed by atoms with Crippen LogP contribution in [0.3, 0.4) is 0 Å². The lowest BCUT2D eigenvalue weighted by molar-refractivity contribution is -0.352. The minimum absolute atomic E-state index is 0.186. The Kier molecular flexibility index (Phi) is 16.7. The van der Waals surface area contributed by atoms with Gasteiger partial charge in [0.05, 0.1) is 33.0 Å². The predicted octanol–water partition coefficient (Wildman–Crippen LogP) is 8.31. The van der Waals surface area contributed by atoms with Crippen LogP contribution in [0.4, 0.5) is 0 Å². The summed E-state index contributed by atoms with van der Waals surface area (Å²) in [7, 11) is 0. The molecule has 0 amide bonds. The van der Waals surface area contributed by atoms with Crippen molar-refractivity contribution in [3.8, 4) is 0 Å². The molecule has 6 atom stereocenters. The molecule has 5 rings (SSSR count). The first kappa shape index (κ1) is 41.2. The Morgan fingerprint density at radius 3 is 1.59 bits per heavy atom. The van der Waals surface area contributed by atoms with Crippen LogP contribution < -0.4 is 0 Å². The van der Waals surface area contributed by atoms with Crippen LogP contribution in [0.2, 0.25) is 0 Å². The molecule has 1 aliphatic rings. The van der Waals surface area contributed by atoms with Crippen molar-refractivity contribution < 1.29 is 43.1 Å². The van der Waals surface area contributed by atoms with Crippen molar-refractivity contribution in [2.75, 3.05) is 6.61 Å². The highest BCUT2D eigenvalue weighted by atomic mass is 16.8. The first-order valence-electron chi connectivity index (χ1n) is 19.0. The average Bonchev–Trinajstić information content (AvgIpc) is 3.17. The standard InChI is InChI=1S/C45H56O9/c1-45(2,3)54-40(47)28-18-8-17-27-39(46)53-44-43(51-32-37-25-15-7-16-26-37)42(50-31-36-23-13-6-14-24-36)41(49-30-35-21-11-5-12-22-35)38(52-44)33-48-29-34-19-9-4-10-20-34/h4-7,9-16,19-26,38-39,41-44,46H,8,17-18,27-33H2,1-3H3/t38-,39?,41-,42+,43+,44-/m1/s1. The first-order chi connectivity index (χ1) is 26.2. The summed E-state index contributed by atoms with van der Waals surface area (Å²) in [5.74, 6) is -0.223. The molecule has 290 valence electrons. The van der Waals surface area contributed by atoms with E-state index in [1.165, 1.54) is 0 Å². The zero-order chi connectivity index (χ0) is 38.0. The molecule has 1 heterocycles. The molecule has 9 heteroatoms. The summed E-state index contributed by atoms with van der Waals surface area (Å²) < 4.78 is 44.8. The number of aliphatic hydroxyl groups is 1. The molecule has 0 spiro atoms. The zero-order valence-electron chi connectivity index (χ0n) is 31.8. The SMILES string of the molecule is CC(C)(C)OC(=O)CCCCCC(O)O[C@H]1O[C@H](COCc2ccccc2)[C@@H](OCc2ccccc2)[C@H](OCc2ccccc2)[C@@H]1OCc1ccccc1. The normalized spacial score (nSPS) is 20.7. The van der Waals surface area contributed by atoms with Gasteiger partial charge in [0.2, 0.25) is 0 Å². The number of benzene rings is 4. The summed E-state index contributed by atoms with van der Waals surface area (Å²) in [6, 6.07) is 39.8. The molecular formula is C45H56O9. The third kappa shape index (κ3) is 14.4. The van der Waals surface area contributed by atoms with Gasteiger partial charge in [0.1, 0.15) is 30.0 Å². The summed E-state index contributed by atoms with van der Waals surface area (Å²) in [4.78, 5) is 12.2. The molecule has 0 aliphatic carbocycles. The molecule has 0 bridgehead atoms. The van der Waals surface area contributed by atoms with E-state index in [1.807, 2.05) is 142 Å². The van der Waals surface area contributed by atoms with E-state index in [0.717, 1.165) is 28.7 Å². The number of esters is 1. The van der Waals surface area contributed by atoms with Crippen molar-refractivity contribution in [1.29, 1.82) is 0 Å². The van der Waals surface area contributed by atoms with Gasteiger partial charge in [-0.2, -0.15) is 0 Å². The molecule has 0 radical (unpaired) electrons. The smallest absolute Gasteiger partial charge is 0.306 e. The molecule has 1 unspecified atom stereocenters. The van der Waals surface area contributed by atoms with Gasteiger partial charge in [-0.25, -0.2) is 0 Å². The highest BCUT2D eigenvalue weighted by Gasteiger charge is 2.49. The number of carbonyl (C=O) groups excluding carboxylic acids is 1. The second-order valence-corrected chi connectivity index (χ2v) is 14.6. The fourth-order valence-electron chi connectivity index (χ4n) is 6.24. The predicted molar refractivity (Wildman–Crippen MR) is 206 cm³/mol. The van der Waals surface area contributed by atoms with E-state index in [1.54, 1.807) is 0 Å². The van der Waals surface area contributed by atoms with Crippen LogP contribution in [0.25, 0.3) is 0 Å². The Balaban J connectivity index is 1.35. The Morgan fingerprint density at radius 2 is 1.09 bits per heavy atom. The number of rotatable bonds is 21. The Hall–Kier alpha value is -3.93. The van der Waals surface area contributed by atoms with Crippen molar-refractivity contribution in [2.45, 2.75) is 122 Å². The van der Waals surface area contributed by atoms with Crippen molar-refractivity contribution in [3.05, 3.63) is 144 Å². The highest BCUT2D eigenvalue weighted by Crippen LogP contribution is 2.32. The van der Waals surface area contributed by atoms with Gasteiger partial charge in [-0.3, -0.25) is 4.79 Å². The van der Waals surface area contributed by atoms with Crippen LogP contribution in [-0.2, 0) is 64.4 Å². The number of ether oxygens (including phenoxy) is 7. The maximum Gasteiger partial charge on any atom is 0.306 e. The van der Waals surface area contributed by atoms with Crippen LogP contribution >= 0.6 is 0 Å². The molecule has 1 saturated heterocycles. The minimum atomic E-state index is -1.15. The van der Waals surface area contributed by atoms with Crippen LogP contribution in [0, 0.1) is 0 Å². The van der Waals surface area contributed by atoms with Crippen molar-refractivity contribution >= 4 is 5.97 Å². The lowest BCUT2D eigenvalue weighted by atomic mass is 9.97. The number of aliphatic hydroxyl groups excluding tert-OH is 1. The Morgan fingerprint density at radius 1 is 0.630 bits per heavy atom. The van der Waals surface area contributed by atoms with Crippen LogP contribution in [0.15, 0.2) is 121 Å². The fourth-order valence-corrected chi connectivity index (χ4v) is 6.24. The summed E-state index contributed by atoms with van der Waals surface area (Å²) in [5, 5.41) is 11.2. The third-order valence-corrected chi connectivity index (χ3v) is 8.88. The van der Waals surface area contributed by atoms with Gasteiger partial charge in [0.15, 0.2) is 12.6 Å². The molecular weight excluding hydrogens is 684 g/mol. The zero-order valence-corrected chi connectivity index (χ0v) is 31.8. The van der Waals surface area contributed by atoms with Crippen molar-refractivity contribution in [2.24, 2.45) is 0 Å². The lowest BCUT2D eigenvalue weighted by Gasteiger charge is -2.46. The van der Waals surface area contributed by atoms with Crippen LogP contribution in [0.5, 0.6) is 0 Å². The first-order valence-corrected chi connectivity index (χ1v) is 19.0. The molecule has 4 aromatic carbocycles. The van der Waals surface area contributed by atoms with Crippen molar-refractivity contribution in [3.63, 3.8) is 0 Å². The second-order valence-electron chi connectivity index (χ2n) is 14.6. The number of hydrogen-bond donors (Lipinski definition) is 1. The number of hydrogen-bond acceptors (Lipinski definition) is 9. The van der Waals surface area contributed by atoms with E-state index in [4.69, 9.17) is 33.2 Å². The van der Waals surface area contributed by atoms with Gasteiger partial charge in [-0.15, -0.1) is 0 Å². The van der Waals surface area contributed by atoms with E-state index in [2.05, 4.69) is 0 Å². The van der Waals surface area contributed by atoms with Crippen molar-refractivity contribution in [1.82, 2.24) is 0 Å². The van der Waals surface area contributed by atoms with Gasteiger partial charge in [0.25, 0.3) is 0 Å². The molecule has 0 saturated carbocycles. The van der Waals surface area contributed by atoms with E-state index in [9.17, 15) is 9.90 Å². The lowest BCUT2D eigenvalue weighted by Crippen LogP contribution is -2.62. The molecule has 4 aromatic rings. The fraction of sp³-hybridized carbons (Fsp3) is 0.444. The van der Waals surface area contributed by atoms with Gasteiger partial charge in [-0.1, -0.05) is 128 Å². The van der Waals surface area contributed by atoms with E-state index in [0.29, 0.717) is 45.5 Å². The quantitative estimate of drug-likeness (QED) is 0.0514. The molecule has 1 N–H and O–H groups in total. The van der Waals surface area contributed by atoms with Gasteiger partial charge < -0.3 is 38.3 Å². The Bertz CT molecular complexity index is 1600. The van der Waals surface area contributed by atoms with E-state index in [-0.39, 0.29) is 19.2 Å².